The second kappa shape index (κ2) is 7.93. The summed E-state index contributed by atoms with van der Waals surface area (Å²) in [5, 5.41) is 0. The van der Waals surface area contributed by atoms with Gasteiger partial charge in [0.15, 0.2) is 0 Å². The van der Waals surface area contributed by atoms with E-state index in [-0.39, 0.29) is 12.2 Å². The van der Waals surface area contributed by atoms with Crippen molar-refractivity contribution in [3.05, 3.63) is 28.8 Å². The van der Waals surface area contributed by atoms with Crippen molar-refractivity contribution in [1.82, 2.24) is 0 Å². The molecule has 1 aromatic rings. The van der Waals surface area contributed by atoms with Crippen LogP contribution in [0.15, 0.2) is 17.0 Å². The summed E-state index contributed by atoms with van der Waals surface area (Å²) < 4.78 is 11.4. The number of ether oxygens (including phenoxy) is 2. The Morgan fingerprint density at radius 3 is 1.95 bits per heavy atom. The van der Waals surface area contributed by atoms with Crippen molar-refractivity contribution in [2.45, 2.75) is 64.9 Å². The standard InChI is InChI=1S/C16H26O2S/c1-11(2)17-9-14-8-16(19-6)15(7-13(14)5)10-18-12(3)4/h7-8,11-12H,9-10H2,1-6H3. The number of rotatable bonds is 7. The smallest absolute Gasteiger partial charge is 0.0731 e. The fourth-order valence-corrected chi connectivity index (χ4v) is 2.40. The van der Waals surface area contributed by atoms with E-state index in [1.165, 1.54) is 21.6 Å². The van der Waals surface area contributed by atoms with E-state index in [2.05, 4.69) is 53.0 Å². The zero-order valence-corrected chi connectivity index (χ0v) is 13.8. The summed E-state index contributed by atoms with van der Waals surface area (Å²) in [6, 6.07) is 4.47. The Morgan fingerprint density at radius 1 is 0.947 bits per heavy atom. The maximum atomic E-state index is 5.72. The second-order valence-corrected chi connectivity index (χ2v) is 6.16. The van der Waals surface area contributed by atoms with Crippen LogP contribution in [0.25, 0.3) is 0 Å². The summed E-state index contributed by atoms with van der Waals surface area (Å²) >= 11 is 1.77. The van der Waals surface area contributed by atoms with Crippen LogP contribution >= 0.6 is 11.8 Å². The number of hydrogen-bond acceptors (Lipinski definition) is 3. The first kappa shape index (κ1) is 16.5. The molecule has 0 aliphatic rings. The van der Waals surface area contributed by atoms with Gasteiger partial charge >= 0.3 is 0 Å². The van der Waals surface area contributed by atoms with Gasteiger partial charge in [0.05, 0.1) is 25.4 Å². The molecule has 0 aliphatic carbocycles. The van der Waals surface area contributed by atoms with Crippen molar-refractivity contribution < 1.29 is 9.47 Å². The van der Waals surface area contributed by atoms with Crippen molar-refractivity contribution >= 4 is 11.8 Å². The molecule has 0 spiro atoms. The highest BCUT2D eigenvalue weighted by molar-refractivity contribution is 7.98. The summed E-state index contributed by atoms with van der Waals surface area (Å²) in [6.07, 6.45) is 2.64. The van der Waals surface area contributed by atoms with Gasteiger partial charge in [-0.1, -0.05) is 6.07 Å². The van der Waals surface area contributed by atoms with E-state index in [0.717, 1.165) is 0 Å². The molecular weight excluding hydrogens is 256 g/mol. The predicted molar refractivity (Wildman–Crippen MR) is 82.8 cm³/mol. The van der Waals surface area contributed by atoms with E-state index in [0.29, 0.717) is 13.2 Å². The van der Waals surface area contributed by atoms with E-state index in [1.54, 1.807) is 11.8 Å². The summed E-state index contributed by atoms with van der Waals surface area (Å²) in [6.45, 7) is 11.8. The molecule has 1 aromatic carbocycles. The molecule has 0 aliphatic heterocycles. The topological polar surface area (TPSA) is 18.5 Å². The fourth-order valence-electron chi connectivity index (χ4n) is 1.76. The second-order valence-electron chi connectivity index (χ2n) is 5.31. The summed E-state index contributed by atoms with van der Waals surface area (Å²) in [4.78, 5) is 1.29. The van der Waals surface area contributed by atoms with E-state index >= 15 is 0 Å². The lowest BCUT2D eigenvalue weighted by atomic mass is 10.1. The van der Waals surface area contributed by atoms with Crippen LogP contribution in [-0.2, 0) is 22.7 Å². The largest absolute Gasteiger partial charge is 0.374 e. The Hall–Kier alpha value is -0.510. The molecule has 0 heterocycles. The maximum Gasteiger partial charge on any atom is 0.0731 e. The van der Waals surface area contributed by atoms with E-state index in [4.69, 9.17) is 9.47 Å². The van der Waals surface area contributed by atoms with Gasteiger partial charge in [-0.25, -0.2) is 0 Å². The third kappa shape index (κ3) is 5.55. The molecule has 1 rings (SSSR count). The number of aryl methyl sites for hydroxylation is 1. The van der Waals surface area contributed by atoms with Gasteiger partial charge in [-0.3, -0.25) is 0 Å². The highest BCUT2D eigenvalue weighted by Gasteiger charge is 2.09. The highest BCUT2D eigenvalue weighted by atomic mass is 32.2. The molecule has 0 N–H and O–H groups in total. The zero-order chi connectivity index (χ0) is 14.4. The number of thioether (sulfide) groups is 1. The van der Waals surface area contributed by atoms with Crippen molar-refractivity contribution in [1.29, 1.82) is 0 Å². The minimum absolute atomic E-state index is 0.263. The predicted octanol–water partition coefficient (Wildman–Crippen LogP) is 4.57. The minimum atomic E-state index is 0.263. The van der Waals surface area contributed by atoms with Gasteiger partial charge in [-0.05, 0) is 63.6 Å². The Morgan fingerprint density at radius 2 is 1.47 bits per heavy atom. The Labute approximate surface area is 121 Å². The molecule has 0 radical (unpaired) electrons. The van der Waals surface area contributed by atoms with Crippen molar-refractivity contribution in [2.75, 3.05) is 6.26 Å². The molecule has 0 fully saturated rings. The van der Waals surface area contributed by atoms with Crippen molar-refractivity contribution in [3.8, 4) is 0 Å². The van der Waals surface area contributed by atoms with E-state index in [1.807, 2.05) is 0 Å². The van der Waals surface area contributed by atoms with Crippen LogP contribution in [0.1, 0.15) is 44.4 Å². The van der Waals surface area contributed by atoms with E-state index in [9.17, 15) is 0 Å². The molecule has 0 unspecified atom stereocenters. The van der Waals surface area contributed by atoms with Crippen LogP contribution in [0.4, 0.5) is 0 Å². The first-order valence-corrected chi connectivity index (χ1v) is 8.06. The Bertz CT molecular complexity index is 400. The van der Waals surface area contributed by atoms with Crippen LogP contribution < -0.4 is 0 Å². The molecule has 0 saturated carbocycles. The summed E-state index contributed by atoms with van der Waals surface area (Å²) in [5.74, 6) is 0. The minimum Gasteiger partial charge on any atom is -0.374 e. The number of hydrogen-bond donors (Lipinski definition) is 0. The molecule has 0 atom stereocenters. The van der Waals surface area contributed by atoms with Crippen LogP contribution in [-0.4, -0.2) is 18.5 Å². The SMILES string of the molecule is CSc1cc(COC(C)C)c(C)cc1COC(C)C. The van der Waals surface area contributed by atoms with Gasteiger partial charge in [0, 0.05) is 4.90 Å². The fraction of sp³-hybridized carbons (Fsp3) is 0.625. The quantitative estimate of drug-likeness (QED) is 0.683. The van der Waals surface area contributed by atoms with Crippen molar-refractivity contribution in [3.63, 3.8) is 0 Å². The molecule has 0 saturated heterocycles. The first-order valence-electron chi connectivity index (χ1n) is 6.83. The molecule has 19 heavy (non-hydrogen) atoms. The molecule has 108 valence electrons. The van der Waals surface area contributed by atoms with Gasteiger partial charge < -0.3 is 9.47 Å². The van der Waals surface area contributed by atoms with Gasteiger partial charge in [-0.15, -0.1) is 11.8 Å². The van der Waals surface area contributed by atoms with Gasteiger partial charge in [0.25, 0.3) is 0 Å². The zero-order valence-electron chi connectivity index (χ0n) is 12.9. The van der Waals surface area contributed by atoms with Crippen LogP contribution in [0.3, 0.4) is 0 Å². The lowest BCUT2D eigenvalue weighted by Crippen LogP contribution is -2.06. The normalized spacial score (nSPS) is 11.6. The Kier molecular flexibility index (Phi) is 6.90. The van der Waals surface area contributed by atoms with E-state index < -0.39 is 0 Å². The molecule has 0 aromatic heterocycles. The lowest BCUT2D eigenvalue weighted by Gasteiger charge is -2.16. The van der Waals surface area contributed by atoms with Gasteiger partial charge in [-0.2, -0.15) is 0 Å². The third-order valence-electron chi connectivity index (χ3n) is 2.88. The molecular formula is C16H26O2S. The Balaban J connectivity index is 2.87. The van der Waals surface area contributed by atoms with Crippen LogP contribution in [0.2, 0.25) is 0 Å². The maximum absolute atomic E-state index is 5.72. The summed E-state index contributed by atoms with van der Waals surface area (Å²) in [5.41, 5.74) is 3.82. The first-order chi connectivity index (χ1) is 8.93. The average Bonchev–Trinajstić information content (AvgIpc) is 2.34. The molecule has 3 heteroatoms. The monoisotopic (exact) mass is 282 g/mol. The van der Waals surface area contributed by atoms with Gasteiger partial charge in [0.2, 0.25) is 0 Å². The van der Waals surface area contributed by atoms with Crippen molar-refractivity contribution in [2.24, 2.45) is 0 Å². The average molecular weight is 282 g/mol. The molecule has 2 nitrogen and oxygen atoms in total. The highest BCUT2D eigenvalue weighted by Crippen LogP contribution is 2.26. The molecule has 0 amide bonds. The van der Waals surface area contributed by atoms with Crippen LogP contribution in [0.5, 0.6) is 0 Å². The van der Waals surface area contributed by atoms with Gasteiger partial charge in [0.1, 0.15) is 0 Å². The van der Waals surface area contributed by atoms with Crippen LogP contribution in [0, 0.1) is 6.92 Å². The third-order valence-corrected chi connectivity index (χ3v) is 3.70. The molecule has 0 bridgehead atoms. The lowest BCUT2D eigenvalue weighted by molar-refractivity contribution is 0.0626. The number of benzene rings is 1. The summed E-state index contributed by atoms with van der Waals surface area (Å²) in [7, 11) is 0.